The summed E-state index contributed by atoms with van der Waals surface area (Å²) in [5.41, 5.74) is 1.62. The number of hydrazone groups is 1. The number of halogens is 1. The third kappa shape index (κ3) is 4.54. The van der Waals surface area contributed by atoms with Crippen LogP contribution in [-0.4, -0.2) is 32.7 Å². The van der Waals surface area contributed by atoms with Crippen LogP contribution in [0.5, 0.6) is 0 Å². The molecule has 1 unspecified atom stereocenters. The molecule has 168 valence electrons. The number of rotatable bonds is 7. The van der Waals surface area contributed by atoms with E-state index in [1.807, 2.05) is 17.5 Å². The summed E-state index contributed by atoms with van der Waals surface area (Å²) in [6.45, 7) is 1.54. The summed E-state index contributed by atoms with van der Waals surface area (Å²) in [6.07, 6.45) is 0.328. The van der Waals surface area contributed by atoms with Gasteiger partial charge in [0.1, 0.15) is 11.9 Å². The standard InChI is InChI=1S/C21H20FN3O4S3/c1-2-31(26,27)24-17-10-8-15(9-11-17)19-14-20(21-7-4-12-30-21)25(23-19)32(28,29)18-6-3-5-16(22)13-18/h3-13,20,24H,2,14H2,1H3. The van der Waals surface area contributed by atoms with Crippen molar-refractivity contribution in [3.05, 3.63) is 82.3 Å². The Morgan fingerprint density at radius 1 is 1.09 bits per heavy atom. The summed E-state index contributed by atoms with van der Waals surface area (Å²) in [6, 6.07) is 14.5. The zero-order chi connectivity index (χ0) is 22.9. The van der Waals surface area contributed by atoms with Crippen LogP contribution in [0.3, 0.4) is 0 Å². The van der Waals surface area contributed by atoms with Crippen molar-refractivity contribution in [1.29, 1.82) is 0 Å². The fourth-order valence-electron chi connectivity index (χ4n) is 3.30. The van der Waals surface area contributed by atoms with Crippen LogP contribution < -0.4 is 4.72 Å². The summed E-state index contributed by atoms with van der Waals surface area (Å²) in [7, 11) is -7.49. The second-order valence-corrected chi connectivity index (χ2v) is 11.9. The van der Waals surface area contributed by atoms with E-state index in [1.54, 1.807) is 31.2 Å². The molecule has 32 heavy (non-hydrogen) atoms. The van der Waals surface area contributed by atoms with E-state index in [2.05, 4.69) is 9.82 Å². The molecule has 0 amide bonds. The molecule has 1 aromatic heterocycles. The van der Waals surface area contributed by atoms with Crippen molar-refractivity contribution in [3.8, 4) is 0 Å². The van der Waals surface area contributed by atoms with Gasteiger partial charge < -0.3 is 0 Å². The summed E-state index contributed by atoms with van der Waals surface area (Å²) < 4.78 is 67.3. The predicted octanol–water partition coefficient (Wildman–Crippen LogP) is 4.19. The van der Waals surface area contributed by atoms with Crippen molar-refractivity contribution >= 4 is 42.8 Å². The molecule has 7 nitrogen and oxygen atoms in total. The Hall–Kier alpha value is -2.76. The molecule has 0 radical (unpaired) electrons. The predicted molar refractivity (Wildman–Crippen MR) is 123 cm³/mol. The molecule has 0 saturated carbocycles. The van der Waals surface area contributed by atoms with Gasteiger partial charge in [-0.2, -0.15) is 17.9 Å². The molecule has 1 aliphatic heterocycles. The summed E-state index contributed by atoms with van der Waals surface area (Å²) in [4.78, 5) is 0.643. The smallest absolute Gasteiger partial charge is 0.279 e. The number of thiophene rings is 1. The molecule has 1 N–H and O–H groups in total. The molecule has 1 aliphatic rings. The molecule has 1 atom stereocenters. The lowest BCUT2D eigenvalue weighted by Gasteiger charge is -2.22. The van der Waals surface area contributed by atoms with Gasteiger partial charge in [0.05, 0.1) is 16.4 Å². The van der Waals surface area contributed by atoms with Crippen LogP contribution in [-0.2, 0) is 20.0 Å². The molecule has 0 bridgehead atoms. The van der Waals surface area contributed by atoms with Crippen LogP contribution >= 0.6 is 11.3 Å². The molecule has 11 heteroatoms. The van der Waals surface area contributed by atoms with Crippen LogP contribution in [0, 0.1) is 5.82 Å². The van der Waals surface area contributed by atoms with Gasteiger partial charge in [-0.25, -0.2) is 12.8 Å². The highest BCUT2D eigenvalue weighted by Crippen LogP contribution is 2.39. The first-order chi connectivity index (χ1) is 15.2. The average molecular weight is 494 g/mol. The van der Waals surface area contributed by atoms with Gasteiger partial charge in [0.25, 0.3) is 10.0 Å². The summed E-state index contributed by atoms with van der Waals surface area (Å²) in [5.74, 6) is -0.691. The van der Waals surface area contributed by atoms with Crippen molar-refractivity contribution in [2.24, 2.45) is 5.10 Å². The molecule has 0 saturated heterocycles. The van der Waals surface area contributed by atoms with E-state index in [-0.39, 0.29) is 10.6 Å². The van der Waals surface area contributed by atoms with Crippen molar-refractivity contribution < 1.29 is 21.2 Å². The summed E-state index contributed by atoms with van der Waals surface area (Å²) >= 11 is 1.42. The topological polar surface area (TPSA) is 95.9 Å². The van der Waals surface area contributed by atoms with Crippen LogP contribution in [0.4, 0.5) is 10.1 Å². The number of sulfonamides is 2. The van der Waals surface area contributed by atoms with Gasteiger partial charge in [-0.05, 0) is 54.3 Å². The van der Waals surface area contributed by atoms with Crippen molar-refractivity contribution in [1.82, 2.24) is 4.41 Å². The van der Waals surface area contributed by atoms with Crippen LogP contribution in [0.15, 0.2) is 76.0 Å². The van der Waals surface area contributed by atoms with Crippen LogP contribution in [0.1, 0.15) is 29.8 Å². The zero-order valence-corrected chi connectivity index (χ0v) is 19.4. The zero-order valence-electron chi connectivity index (χ0n) is 17.0. The Balaban J connectivity index is 1.70. The monoisotopic (exact) mass is 493 g/mol. The fourth-order valence-corrected chi connectivity index (χ4v) is 6.27. The Bertz CT molecular complexity index is 1350. The van der Waals surface area contributed by atoms with Gasteiger partial charge in [-0.1, -0.05) is 24.3 Å². The lowest BCUT2D eigenvalue weighted by molar-refractivity contribution is 0.375. The Morgan fingerprint density at radius 3 is 2.47 bits per heavy atom. The number of nitrogens with zero attached hydrogens (tertiary/aromatic N) is 2. The number of benzene rings is 2. The number of hydrogen-bond donors (Lipinski definition) is 1. The van der Waals surface area contributed by atoms with E-state index in [1.165, 1.54) is 29.5 Å². The summed E-state index contributed by atoms with van der Waals surface area (Å²) in [5, 5.41) is 6.26. The molecule has 3 aromatic rings. The first-order valence-corrected chi connectivity index (χ1v) is 13.7. The van der Waals surface area contributed by atoms with Gasteiger partial charge in [0, 0.05) is 17.0 Å². The van der Waals surface area contributed by atoms with E-state index in [9.17, 15) is 21.2 Å². The number of hydrogen-bond acceptors (Lipinski definition) is 6. The van der Waals surface area contributed by atoms with Gasteiger partial charge in [0.15, 0.2) is 0 Å². The second-order valence-electron chi connectivity index (χ2n) is 7.10. The third-order valence-corrected chi connectivity index (χ3v) is 8.91. The first-order valence-electron chi connectivity index (χ1n) is 9.71. The van der Waals surface area contributed by atoms with E-state index in [0.29, 0.717) is 23.4 Å². The normalized spacial score (nSPS) is 16.8. The Labute approximate surface area is 190 Å². The minimum atomic E-state index is -4.09. The van der Waals surface area contributed by atoms with Gasteiger partial charge in [-0.15, -0.1) is 11.3 Å². The SMILES string of the molecule is CCS(=O)(=O)Nc1ccc(C2=NN(S(=O)(=O)c3cccc(F)c3)C(c3cccs3)C2)cc1. The van der Waals surface area contributed by atoms with Gasteiger partial charge >= 0.3 is 0 Å². The Kier molecular flexibility index (Phi) is 6.06. The quantitative estimate of drug-likeness (QED) is 0.534. The van der Waals surface area contributed by atoms with E-state index >= 15 is 0 Å². The molecule has 2 heterocycles. The third-order valence-electron chi connectivity index (χ3n) is 4.96. The molecule has 0 spiro atoms. The molecule has 2 aromatic carbocycles. The Morgan fingerprint density at radius 2 is 1.84 bits per heavy atom. The molecule has 4 rings (SSSR count). The number of anilines is 1. The molecule has 0 aliphatic carbocycles. The average Bonchev–Trinajstić information content (AvgIpc) is 3.44. The maximum Gasteiger partial charge on any atom is 0.279 e. The van der Waals surface area contributed by atoms with E-state index < -0.39 is 31.9 Å². The minimum absolute atomic E-state index is 0.0448. The van der Waals surface area contributed by atoms with Crippen molar-refractivity contribution in [2.75, 3.05) is 10.5 Å². The second kappa shape index (κ2) is 8.64. The maximum atomic E-state index is 13.7. The molecular formula is C21H20FN3O4S3. The minimum Gasteiger partial charge on any atom is -0.284 e. The van der Waals surface area contributed by atoms with Crippen LogP contribution in [0.2, 0.25) is 0 Å². The van der Waals surface area contributed by atoms with E-state index in [4.69, 9.17) is 0 Å². The highest BCUT2D eigenvalue weighted by molar-refractivity contribution is 7.92. The van der Waals surface area contributed by atoms with Crippen molar-refractivity contribution in [3.63, 3.8) is 0 Å². The molecular weight excluding hydrogens is 473 g/mol. The molecule has 0 fully saturated rings. The highest BCUT2D eigenvalue weighted by Gasteiger charge is 2.38. The number of nitrogens with one attached hydrogen (secondary N) is 1. The lowest BCUT2D eigenvalue weighted by Crippen LogP contribution is -2.27. The van der Waals surface area contributed by atoms with Gasteiger partial charge in [0.2, 0.25) is 10.0 Å². The fraction of sp³-hybridized carbons (Fsp3) is 0.190. The van der Waals surface area contributed by atoms with Gasteiger partial charge in [-0.3, -0.25) is 4.72 Å². The largest absolute Gasteiger partial charge is 0.284 e. The highest BCUT2D eigenvalue weighted by atomic mass is 32.2. The van der Waals surface area contributed by atoms with Crippen LogP contribution in [0.25, 0.3) is 0 Å². The van der Waals surface area contributed by atoms with E-state index in [0.717, 1.165) is 15.4 Å². The maximum absolute atomic E-state index is 13.7. The first kappa shape index (κ1) is 22.4. The lowest BCUT2D eigenvalue weighted by atomic mass is 10.0. The van der Waals surface area contributed by atoms with Crippen molar-refractivity contribution in [2.45, 2.75) is 24.3 Å².